The summed E-state index contributed by atoms with van der Waals surface area (Å²) in [7, 11) is 0. The van der Waals surface area contributed by atoms with Crippen molar-refractivity contribution in [3.8, 4) is 0 Å². The summed E-state index contributed by atoms with van der Waals surface area (Å²) in [5.74, 6) is 0.258. The second-order valence-electron chi connectivity index (χ2n) is 4.26. The molecule has 0 atom stereocenters. The lowest BCUT2D eigenvalue weighted by Crippen LogP contribution is -2.15. The number of hydrogen-bond donors (Lipinski definition) is 0. The molecule has 0 saturated heterocycles. The lowest BCUT2D eigenvalue weighted by Gasteiger charge is -2.05. The van der Waals surface area contributed by atoms with Crippen molar-refractivity contribution in [1.29, 1.82) is 0 Å². The van der Waals surface area contributed by atoms with Gasteiger partial charge in [-0.05, 0) is 18.4 Å². The maximum atomic E-state index is 11.3. The molecule has 1 rings (SSSR count). The van der Waals surface area contributed by atoms with E-state index in [-0.39, 0.29) is 18.3 Å². The molecule has 0 unspecified atom stereocenters. The van der Waals surface area contributed by atoms with Gasteiger partial charge in [0.05, 0.1) is 0 Å². The zero-order valence-electron chi connectivity index (χ0n) is 10.1. The lowest BCUT2D eigenvalue weighted by molar-refractivity contribution is -0.126. The van der Waals surface area contributed by atoms with Crippen molar-refractivity contribution in [2.24, 2.45) is 5.92 Å². The summed E-state index contributed by atoms with van der Waals surface area (Å²) in [6, 6.07) is 10.3. The highest BCUT2D eigenvalue weighted by molar-refractivity contribution is 5.81. The average Bonchev–Trinajstić information content (AvgIpc) is 2.29. The zero-order chi connectivity index (χ0) is 11.8. The fourth-order valence-electron chi connectivity index (χ4n) is 1.36. The van der Waals surface area contributed by atoms with Gasteiger partial charge in [-0.3, -0.25) is 4.79 Å². The van der Waals surface area contributed by atoms with Gasteiger partial charge in [-0.1, -0.05) is 44.2 Å². The van der Waals surface area contributed by atoms with Crippen molar-refractivity contribution in [1.82, 2.24) is 0 Å². The summed E-state index contributed by atoms with van der Waals surface area (Å²) in [4.78, 5) is 11.3. The molecule has 0 bridgehead atoms. The number of carbonyl (C=O) groups is 1. The average molecular weight is 220 g/mol. The summed E-state index contributed by atoms with van der Waals surface area (Å²) in [5, 5.41) is 0. The van der Waals surface area contributed by atoms with Gasteiger partial charge < -0.3 is 4.74 Å². The van der Waals surface area contributed by atoms with Crippen LogP contribution in [0.15, 0.2) is 30.3 Å². The summed E-state index contributed by atoms with van der Waals surface area (Å²) in [6.45, 7) is 4.71. The number of carbonyl (C=O) groups excluding carboxylic acids is 1. The van der Waals surface area contributed by atoms with E-state index in [0.29, 0.717) is 6.61 Å². The van der Waals surface area contributed by atoms with Gasteiger partial charge in [-0.15, -0.1) is 0 Å². The third kappa shape index (κ3) is 5.08. The van der Waals surface area contributed by atoms with E-state index in [1.807, 2.05) is 32.0 Å². The third-order valence-corrected chi connectivity index (χ3v) is 2.49. The van der Waals surface area contributed by atoms with Crippen molar-refractivity contribution in [3.63, 3.8) is 0 Å². The first kappa shape index (κ1) is 12.9. The molecule has 0 radical (unpaired) electrons. The SMILES string of the molecule is CC(C)C(=O)COCCCc1ccccc1. The molecule has 0 aliphatic heterocycles. The minimum atomic E-state index is 0.0779. The normalized spacial score (nSPS) is 10.7. The Morgan fingerprint density at radius 3 is 2.56 bits per heavy atom. The van der Waals surface area contributed by atoms with Gasteiger partial charge in [0, 0.05) is 12.5 Å². The van der Waals surface area contributed by atoms with Gasteiger partial charge >= 0.3 is 0 Å². The van der Waals surface area contributed by atoms with E-state index in [0.717, 1.165) is 12.8 Å². The fraction of sp³-hybridized carbons (Fsp3) is 0.500. The molecular weight excluding hydrogens is 200 g/mol. The van der Waals surface area contributed by atoms with E-state index < -0.39 is 0 Å². The molecule has 0 saturated carbocycles. The van der Waals surface area contributed by atoms with Crippen LogP contribution >= 0.6 is 0 Å². The summed E-state index contributed by atoms with van der Waals surface area (Å²) >= 11 is 0. The Bertz CT molecular complexity index is 304. The number of rotatable bonds is 7. The molecule has 0 heterocycles. The quantitative estimate of drug-likeness (QED) is 0.660. The molecule has 0 aromatic heterocycles. The Morgan fingerprint density at radius 1 is 1.25 bits per heavy atom. The zero-order valence-corrected chi connectivity index (χ0v) is 10.1. The van der Waals surface area contributed by atoms with Crippen LogP contribution in [0.1, 0.15) is 25.8 Å². The molecule has 0 fully saturated rings. The molecule has 2 heteroatoms. The fourth-order valence-corrected chi connectivity index (χ4v) is 1.36. The summed E-state index contributed by atoms with van der Waals surface area (Å²) in [5.41, 5.74) is 1.32. The summed E-state index contributed by atoms with van der Waals surface area (Å²) < 4.78 is 5.33. The molecular formula is C14H20O2. The van der Waals surface area contributed by atoms with Crippen LogP contribution in [0, 0.1) is 5.92 Å². The monoisotopic (exact) mass is 220 g/mol. The van der Waals surface area contributed by atoms with E-state index in [4.69, 9.17) is 4.74 Å². The van der Waals surface area contributed by atoms with E-state index >= 15 is 0 Å². The maximum Gasteiger partial charge on any atom is 0.160 e. The molecule has 2 nitrogen and oxygen atoms in total. The number of Topliss-reactive ketones (excluding diaryl/α,β-unsaturated/α-hetero) is 1. The van der Waals surface area contributed by atoms with Gasteiger partial charge in [0.2, 0.25) is 0 Å². The van der Waals surface area contributed by atoms with E-state index in [1.54, 1.807) is 0 Å². The highest BCUT2D eigenvalue weighted by atomic mass is 16.5. The van der Waals surface area contributed by atoms with E-state index in [1.165, 1.54) is 5.56 Å². The molecule has 88 valence electrons. The van der Waals surface area contributed by atoms with Crippen molar-refractivity contribution < 1.29 is 9.53 Å². The maximum absolute atomic E-state index is 11.3. The van der Waals surface area contributed by atoms with Gasteiger partial charge in [0.1, 0.15) is 6.61 Å². The van der Waals surface area contributed by atoms with E-state index in [2.05, 4.69) is 12.1 Å². The van der Waals surface area contributed by atoms with Crippen LogP contribution in [0.2, 0.25) is 0 Å². The van der Waals surface area contributed by atoms with Crippen LogP contribution in [-0.2, 0) is 16.0 Å². The molecule has 1 aromatic carbocycles. The molecule has 0 aliphatic carbocycles. The van der Waals surface area contributed by atoms with Crippen LogP contribution in [0.4, 0.5) is 0 Å². The second kappa shape index (κ2) is 7.18. The Hall–Kier alpha value is -1.15. The Balaban J connectivity index is 2.07. The first-order chi connectivity index (χ1) is 7.70. The number of ketones is 1. The predicted molar refractivity (Wildman–Crippen MR) is 65.4 cm³/mol. The topological polar surface area (TPSA) is 26.3 Å². The minimum absolute atomic E-state index is 0.0779. The van der Waals surface area contributed by atoms with Crippen molar-refractivity contribution in [2.45, 2.75) is 26.7 Å². The molecule has 1 aromatic rings. The molecule has 0 aliphatic rings. The first-order valence-corrected chi connectivity index (χ1v) is 5.84. The van der Waals surface area contributed by atoms with Crippen LogP contribution in [0.25, 0.3) is 0 Å². The molecule has 16 heavy (non-hydrogen) atoms. The predicted octanol–water partition coefficient (Wildman–Crippen LogP) is 2.86. The van der Waals surface area contributed by atoms with Gasteiger partial charge in [-0.2, -0.15) is 0 Å². The number of benzene rings is 1. The number of aryl methyl sites for hydroxylation is 1. The van der Waals surface area contributed by atoms with Crippen LogP contribution in [-0.4, -0.2) is 19.0 Å². The lowest BCUT2D eigenvalue weighted by atomic mass is 10.1. The van der Waals surface area contributed by atoms with Gasteiger partial charge in [0.15, 0.2) is 5.78 Å². The summed E-state index contributed by atoms with van der Waals surface area (Å²) in [6.07, 6.45) is 1.98. The van der Waals surface area contributed by atoms with Gasteiger partial charge in [0.25, 0.3) is 0 Å². The Labute approximate surface area is 97.6 Å². The van der Waals surface area contributed by atoms with Crippen LogP contribution < -0.4 is 0 Å². The van der Waals surface area contributed by atoms with Crippen molar-refractivity contribution in [2.75, 3.05) is 13.2 Å². The smallest absolute Gasteiger partial charge is 0.160 e. The van der Waals surface area contributed by atoms with Crippen LogP contribution in [0.3, 0.4) is 0 Å². The van der Waals surface area contributed by atoms with Gasteiger partial charge in [-0.25, -0.2) is 0 Å². The minimum Gasteiger partial charge on any atom is -0.374 e. The van der Waals surface area contributed by atoms with Crippen molar-refractivity contribution in [3.05, 3.63) is 35.9 Å². The standard InChI is InChI=1S/C14H20O2/c1-12(2)14(15)11-16-10-6-9-13-7-4-3-5-8-13/h3-5,7-8,12H,6,9-11H2,1-2H3. The molecule has 0 N–H and O–H groups in total. The van der Waals surface area contributed by atoms with Crippen molar-refractivity contribution >= 4 is 5.78 Å². The Morgan fingerprint density at radius 2 is 1.94 bits per heavy atom. The number of ether oxygens (including phenoxy) is 1. The second-order valence-corrected chi connectivity index (χ2v) is 4.26. The van der Waals surface area contributed by atoms with Crippen LogP contribution in [0.5, 0.6) is 0 Å². The third-order valence-electron chi connectivity index (χ3n) is 2.49. The molecule has 0 amide bonds. The first-order valence-electron chi connectivity index (χ1n) is 5.84. The molecule has 0 spiro atoms. The van der Waals surface area contributed by atoms with E-state index in [9.17, 15) is 4.79 Å². The largest absolute Gasteiger partial charge is 0.374 e. The Kier molecular flexibility index (Phi) is 5.79. The highest BCUT2D eigenvalue weighted by Gasteiger charge is 2.06. The highest BCUT2D eigenvalue weighted by Crippen LogP contribution is 2.02. The number of hydrogen-bond acceptors (Lipinski definition) is 2.